The lowest BCUT2D eigenvalue weighted by atomic mass is 9.93. The topological polar surface area (TPSA) is 96.1 Å². The van der Waals surface area contributed by atoms with E-state index in [1.807, 2.05) is 57.5 Å². The molecule has 1 aromatic rings. The molecular weight excluding hydrogens is 490 g/mol. The van der Waals surface area contributed by atoms with Gasteiger partial charge in [-0.15, -0.1) is 6.58 Å². The van der Waals surface area contributed by atoms with Crippen LogP contribution in [0.1, 0.15) is 64.5 Å². The second-order valence-electron chi connectivity index (χ2n) is 9.49. The number of hydrogen-bond donors (Lipinski definition) is 2. The highest BCUT2D eigenvalue weighted by atomic mass is 16.5. The first-order valence-corrected chi connectivity index (χ1v) is 13.5. The molecule has 0 aliphatic carbocycles. The number of ether oxygens (including phenoxy) is 3. The Morgan fingerprint density at radius 2 is 1.95 bits per heavy atom. The third kappa shape index (κ3) is 11.2. The third-order valence-electron chi connectivity index (χ3n) is 6.74. The zero-order valence-electron chi connectivity index (χ0n) is 24.7. The average Bonchev–Trinajstić information content (AvgIpc) is 2.95. The molecule has 2 fully saturated rings. The molecule has 0 saturated carbocycles. The van der Waals surface area contributed by atoms with Crippen molar-refractivity contribution < 1.29 is 19.3 Å². The highest BCUT2D eigenvalue weighted by Gasteiger charge is 2.37. The molecular formula is C32H47N3O4. The fourth-order valence-electron chi connectivity index (χ4n) is 3.79. The van der Waals surface area contributed by atoms with Crippen molar-refractivity contribution in [3.8, 4) is 11.8 Å². The van der Waals surface area contributed by atoms with Gasteiger partial charge in [0.15, 0.2) is 0 Å². The fraction of sp³-hybridized carbons (Fsp3) is 0.500. The highest BCUT2D eigenvalue weighted by molar-refractivity contribution is 5.90. The zero-order chi connectivity index (χ0) is 29.3. The van der Waals surface area contributed by atoms with Crippen molar-refractivity contribution in [3.63, 3.8) is 0 Å². The summed E-state index contributed by atoms with van der Waals surface area (Å²) >= 11 is 0. The smallest absolute Gasteiger partial charge is 0.137 e. The van der Waals surface area contributed by atoms with Crippen molar-refractivity contribution in [2.75, 3.05) is 40.5 Å². The van der Waals surface area contributed by atoms with Gasteiger partial charge in [-0.25, -0.2) is 0 Å². The van der Waals surface area contributed by atoms with Gasteiger partial charge in [-0.05, 0) is 61.6 Å². The highest BCUT2D eigenvalue weighted by Crippen LogP contribution is 2.28. The summed E-state index contributed by atoms with van der Waals surface area (Å²) in [6.07, 6.45) is 9.27. The van der Waals surface area contributed by atoms with Gasteiger partial charge in [-0.2, -0.15) is 5.26 Å². The predicted molar refractivity (Wildman–Crippen MR) is 161 cm³/mol. The summed E-state index contributed by atoms with van der Waals surface area (Å²) in [7, 11) is 3.63. The van der Waals surface area contributed by atoms with Crippen LogP contribution in [0.3, 0.4) is 0 Å². The number of benzene rings is 1. The third-order valence-corrected chi connectivity index (χ3v) is 6.74. The number of nitrogens with zero attached hydrogens (tertiary/aromatic N) is 2. The van der Waals surface area contributed by atoms with Gasteiger partial charge in [0, 0.05) is 45.3 Å². The maximum atomic E-state index is 9.49. The van der Waals surface area contributed by atoms with Crippen LogP contribution in [-0.4, -0.2) is 63.5 Å². The molecule has 214 valence electrons. The first-order valence-electron chi connectivity index (χ1n) is 13.5. The molecule has 0 atom stereocenters. The second kappa shape index (κ2) is 18.2. The van der Waals surface area contributed by atoms with E-state index in [4.69, 9.17) is 14.2 Å². The molecule has 0 aromatic heterocycles. The first-order chi connectivity index (χ1) is 18.7. The quantitative estimate of drug-likeness (QED) is 0.296. The number of hydrogen-bond acceptors (Lipinski definition) is 7. The van der Waals surface area contributed by atoms with Crippen LogP contribution in [0, 0.1) is 11.3 Å². The lowest BCUT2D eigenvalue weighted by molar-refractivity contribution is -0.154. The van der Waals surface area contributed by atoms with Crippen LogP contribution in [0.15, 0.2) is 65.3 Å². The number of aliphatic imine (C=N–C) groups is 1. The largest absolute Gasteiger partial charge is 0.489 e. The summed E-state index contributed by atoms with van der Waals surface area (Å²) in [5.74, 6) is 0.665. The van der Waals surface area contributed by atoms with Crippen LogP contribution in [0.5, 0.6) is 5.75 Å². The number of nitriles is 1. The van der Waals surface area contributed by atoms with Crippen LogP contribution < -0.4 is 10.1 Å². The van der Waals surface area contributed by atoms with E-state index >= 15 is 0 Å². The molecule has 2 saturated heterocycles. The predicted octanol–water partition coefficient (Wildman–Crippen LogP) is 6.01. The molecule has 0 unspecified atom stereocenters. The number of rotatable bonds is 9. The molecule has 2 heterocycles. The van der Waals surface area contributed by atoms with Gasteiger partial charge in [0.1, 0.15) is 23.5 Å². The lowest BCUT2D eigenvalue weighted by Crippen LogP contribution is -2.50. The summed E-state index contributed by atoms with van der Waals surface area (Å²) in [5.41, 5.74) is 5.33. The van der Waals surface area contributed by atoms with E-state index in [1.165, 1.54) is 5.57 Å². The van der Waals surface area contributed by atoms with Crippen LogP contribution in [-0.2, 0) is 9.47 Å². The standard InChI is InChI=1S/C19H24N2O2.C7H12O2.C6H11N/c1-4-15(13-21-3)14(2)16-5-6-19(17(11-16)12-20)23-18-7-9-22-10-8-18;1-3-6(2)7(8)4-9-5-7;1-4-5-6(2)7-3/h5-6,11,13,18H,4,7-10H2,1-3H3;3,8H,4-5H2,1-2H3;4,7H,1-2,5H2,3H3/b15-14+,21-13?;6-3+;. The van der Waals surface area contributed by atoms with Crippen molar-refractivity contribution in [2.24, 2.45) is 4.99 Å². The van der Waals surface area contributed by atoms with E-state index in [9.17, 15) is 10.4 Å². The van der Waals surface area contributed by atoms with E-state index in [2.05, 4.69) is 43.4 Å². The number of nitrogens with one attached hydrogen (secondary N) is 1. The molecule has 2 aliphatic rings. The molecule has 2 N–H and O–H groups in total. The summed E-state index contributed by atoms with van der Waals surface area (Å²) < 4.78 is 16.2. The Hall–Kier alpha value is -3.18. The van der Waals surface area contributed by atoms with Crippen molar-refractivity contribution >= 4 is 11.8 Å². The Morgan fingerprint density at radius 1 is 1.28 bits per heavy atom. The van der Waals surface area contributed by atoms with Gasteiger partial charge in [0.05, 0.1) is 32.0 Å². The molecule has 0 spiro atoms. The maximum absolute atomic E-state index is 9.49. The van der Waals surface area contributed by atoms with Gasteiger partial charge < -0.3 is 24.6 Å². The van der Waals surface area contributed by atoms with E-state index in [0.29, 0.717) is 24.5 Å². The zero-order valence-corrected chi connectivity index (χ0v) is 24.7. The molecule has 39 heavy (non-hydrogen) atoms. The number of allylic oxidation sites excluding steroid dienone is 4. The van der Waals surface area contributed by atoms with E-state index < -0.39 is 5.60 Å². The van der Waals surface area contributed by atoms with Crippen molar-refractivity contribution in [1.82, 2.24) is 5.32 Å². The Kier molecular flexibility index (Phi) is 15.8. The average molecular weight is 538 g/mol. The minimum absolute atomic E-state index is 0.136. The van der Waals surface area contributed by atoms with Gasteiger partial charge in [0.2, 0.25) is 0 Å². The summed E-state index contributed by atoms with van der Waals surface area (Å²) in [6, 6.07) is 8.09. The van der Waals surface area contributed by atoms with Gasteiger partial charge >= 0.3 is 0 Å². The molecule has 0 bridgehead atoms. The van der Waals surface area contributed by atoms with Crippen molar-refractivity contribution in [2.45, 2.75) is 65.1 Å². The number of aliphatic hydroxyl groups is 1. The Morgan fingerprint density at radius 3 is 2.36 bits per heavy atom. The maximum Gasteiger partial charge on any atom is 0.137 e. The van der Waals surface area contributed by atoms with E-state index in [1.54, 1.807) is 7.05 Å². The normalized spacial score (nSPS) is 17.2. The monoisotopic (exact) mass is 537 g/mol. The fourth-order valence-corrected chi connectivity index (χ4v) is 3.79. The summed E-state index contributed by atoms with van der Waals surface area (Å²) in [5, 5.41) is 21.8. The van der Waals surface area contributed by atoms with E-state index in [-0.39, 0.29) is 6.10 Å². The summed E-state index contributed by atoms with van der Waals surface area (Å²) in [6.45, 7) is 17.6. The van der Waals surface area contributed by atoms with Crippen LogP contribution in [0.25, 0.3) is 5.57 Å². The molecule has 2 aliphatic heterocycles. The second-order valence-corrected chi connectivity index (χ2v) is 9.49. The van der Waals surface area contributed by atoms with E-state index in [0.717, 1.165) is 61.3 Å². The van der Waals surface area contributed by atoms with Crippen LogP contribution >= 0.6 is 0 Å². The molecule has 0 amide bonds. The molecule has 1 aromatic carbocycles. The first kappa shape index (κ1) is 33.8. The Bertz CT molecular complexity index is 1060. The van der Waals surface area contributed by atoms with Gasteiger partial charge in [0.25, 0.3) is 0 Å². The molecule has 7 nitrogen and oxygen atoms in total. The summed E-state index contributed by atoms with van der Waals surface area (Å²) in [4.78, 5) is 4.11. The van der Waals surface area contributed by atoms with Gasteiger partial charge in [-0.3, -0.25) is 4.99 Å². The van der Waals surface area contributed by atoms with Crippen LogP contribution in [0.2, 0.25) is 0 Å². The minimum atomic E-state index is -0.630. The van der Waals surface area contributed by atoms with Crippen molar-refractivity contribution in [3.05, 3.63) is 71.5 Å². The Labute approximate surface area is 235 Å². The Balaban J connectivity index is 0.000000388. The molecule has 0 radical (unpaired) electrons. The molecule has 3 rings (SSSR count). The SMILES string of the molecule is C/C=C(\C)C1(O)COC1.C=CCC(=C)NC.CC/C(C=NC)=C(/C)c1ccc(OC2CCOCC2)c(C#N)c1. The van der Waals surface area contributed by atoms with Gasteiger partial charge in [-0.1, -0.05) is 31.7 Å². The lowest BCUT2D eigenvalue weighted by Gasteiger charge is -2.37. The van der Waals surface area contributed by atoms with Crippen molar-refractivity contribution in [1.29, 1.82) is 5.26 Å². The minimum Gasteiger partial charge on any atom is -0.489 e. The van der Waals surface area contributed by atoms with Crippen LogP contribution in [0.4, 0.5) is 0 Å². The molecule has 7 heteroatoms.